The van der Waals surface area contributed by atoms with Gasteiger partial charge in [0.25, 0.3) is 0 Å². The fourth-order valence-electron chi connectivity index (χ4n) is 1.54. The van der Waals surface area contributed by atoms with Gasteiger partial charge >= 0.3 is 0 Å². The maximum Gasteiger partial charge on any atom is 0.214 e. The first kappa shape index (κ1) is 11.1. The molecule has 1 heterocycles. The van der Waals surface area contributed by atoms with E-state index in [1.807, 2.05) is 19.1 Å². The zero-order valence-corrected chi connectivity index (χ0v) is 9.24. The van der Waals surface area contributed by atoms with E-state index in [9.17, 15) is 4.39 Å². The van der Waals surface area contributed by atoms with Gasteiger partial charge in [-0.3, -0.25) is 0 Å². The summed E-state index contributed by atoms with van der Waals surface area (Å²) in [6.07, 6.45) is 0. The Morgan fingerprint density at radius 1 is 1.24 bits per heavy atom. The molecule has 0 fully saturated rings. The number of hydrogen-bond donors (Lipinski definition) is 1. The summed E-state index contributed by atoms with van der Waals surface area (Å²) in [5, 5.41) is 12.0. The average Bonchev–Trinajstić information content (AvgIpc) is 2.29. The molecule has 0 atom stereocenters. The summed E-state index contributed by atoms with van der Waals surface area (Å²) in [5.41, 5.74) is 2.04. The first-order chi connectivity index (χ1) is 8.20. The zero-order valence-electron chi connectivity index (χ0n) is 9.24. The highest BCUT2D eigenvalue weighted by Gasteiger charge is 2.05. The van der Waals surface area contributed by atoms with E-state index in [0.29, 0.717) is 17.1 Å². The van der Waals surface area contributed by atoms with Crippen molar-refractivity contribution in [2.45, 2.75) is 6.92 Å². The predicted molar refractivity (Wildman–Crippen MR) is 63.4 cm³/mol. The Morgan fingerprint density at radius 3 is 2.71 bits per heavy atom. The minimum absolute atomic E-state index is 0.382. The number of nitrogens with one attached hydrogen (secondary N) is 1. The number of hydrogen-bond acceptors (Lipinski definition) is 3. The Bertz CT molecular complexity index is 587. The van der Waals surface area contributed by atoms with E-state index in [1.54, 1.807) is 18.2 Å². The summed E-state index contributed by atoms with van der Waals surface area (Å²) in [7, 11) is 0. The maximum atomic E-state index is 12.9. The molecule has 3 nitrogen and oxygen atoms in total. The van der Waals surface area contributed by atoms with Crippen molar-refractivity contribution < 1.29 is 4.39 Å². The van der Waals surface area contributed by atoms with Crippen LogP contribution in [0, 0.1) is 24.2 Å². The van der Waals surface area contributed by atoms with Crippen molar-refractivity contribution in [3.8, 4) is 6.07 Å². The third kappa shape index (κ3) is 2.40. The van der Waals surface area contributed by atoms with Gasteiger partial charge in [0.05, 0.1) is 11.3 Å². The molecule has 1 N–H and O–H groups in total. The molecule has 0 radical (unpaired) electrons. The summed E-state index contributed by atoms with van der Waals surface area (Å²) in [4.78, 5) is 3.69. The Hall–Kier alpha value is -2.41. The topological polar surface area (TPSA) is 48.7 Å². The molecule has 0 spiro atoms. The first-order valence-corrected chi connectivity index (χ1v) is 5.10. The summed E-state index contributed by atoms with van der Waals surface area (Å²) in [6, 6.07) is 12.0. The van der Waals surface area contributed by atoms with Gasteiger partial charge in [0.15, 0.2) is 0 Å². The fraction of sp³-hybridized carbons (Fsp3) is 0.0769. The third-order valence-corrected chi connectivity index (χ3v) is 2.36. The summed E-state index contributed by atoms with van der Waals surface area (Å²) < 4.78 is 12.9. The van der Waals surface area contributed by atoms with Gasteiger partial charge in [0.1, 0.15) is 11.9 Å². The van der Waals surface area contributed by atoms with Gasteiger partial charge in [-0.2, -0.15) is 9.65 Å². The molecule has 1 aromatic heterocycles. The molecule has 0 saturated carbocycles. The van der Waals surface area contributed by atoms with Crippen LogP contribution < -0.4 is 5.32 Å². The average molecular weight is 227 g/mol. The second-order valence-electron chi connectivity index (χ2n) is 3.58. The van der Waals surface area contributed by atoms with E-state index in [2.05, 4.69) is 16.4 Å². The van der Waals surface area contributed by atoms with E-state index in [4.69, 9.17) is 5.26 Å². The molecule has 0 saturated heterocycles. The van der Waals surface area contributed by atoms with Crippen LogP contribution in [0.5, 0.6) is 0 Å². The van der Waals surface area contributed by atoms with Gasteiger partial charge in [0.2, 0.25) is 5.95 Å². The maximum absolute atomic E-state index is 12.9. The van der Waals surface area contributed by atoms with Crippen LogP contribution in [0.1, 0.15) is 11.1 Å². The van der Waals surface area contributed by atoms with Crippen LogP contribution in [0.15, 0.2) is 36.4 Å². The molecule has 0 unspecified atom stereocenters. The van der Waals surface area contributed by atoms with Crippen LogP contribution in [0.2, 0.25) is 0 Å². The van der Waals surface area contributed by atoms with Crippen molar-refractivity contribution in [2.24, 2.45) is 0 Å². The van der Waals surface area contributed by atoms with Crippen LogP contribution in [0.25, 0.3) is 0 Å². The lowest BCUT2D eigenvalue weighted by Crippen LogP contribution is -1.98. The minimum atomic E-state index is -0.554. The van der Waals surface area contributed by atoms with Gasteiger partial charge in [-0.25, -0.2) is 4.98 Å². The van der Waals surface area contributed by atoms with Crippen LogP contribution >= 0.6 is 0 Å². The summed E-state index contributed by atoms with van der Waals surface area (Å²) in [6.45, 7) is 1.85. The van der Waals surface area contributed by atoms with Gasteiger partial charge < -0.3 is 5.32 Å². The van der Waals surface area contributed by atoms with Crippen molar-refractivity contribution in [3.05, 3.63) is 53.5 Å². The lowest BCUT2D eigenvalue weighted by Gasteiger charge is -2.08. The number of rotatable bonds is 2. The Morgan fingerprint density at radius 2 is 2.00 bits per heavy atom. The molecule has 17 heavy (non-hydrogen) atoms. The van der Waals surface area contributed by atoms with E-state index >= 15 is 0 Å². The van der Waals surface area contributed by atoms with Gasteiger partial charge in [-0.1, -0.05) is 18.2 Å². The highest BCUT2D eigenvalue weighted by Crippen LogP contribution is 2.21. The molecule has 2 rings (SSSR count). The number of aryl methyl sites for hydroxylation is 1. The Kier molecular flexibility index (Phi) is 3.01. The van der Waals surface area contributed by atoms with E-state index in [1.165, 1.54) is 6.07 Å². The molecular weight excluding hydrogens is 217 g/mol. The highest BCUT2D eigenvalue weighted by atomic mass is 19.1. The number of aromatic nitrogens is 1. The molecule has 0 bridgehead atoms. The summed E-state index contributed by atoms with van der Waals surface area (Å²) >= 11 is 0. The predicted octanol–water partition coefficient (Wildman–Crippen LogP) is 3.14. The van der Waals surface area contributed by atoms with E-state index in [0.717, 1.165) is 5.56 Å². The molecule has 2 aromatic rings. The molecule has 0 aliphatic heterocycles. The number of pyridine rings is 1. The van der Waals surface area contributed by atoms with E-state index in [-0.39, 0.29) is 0 Å². The smallest absolute Gasteiger partial charge is 0.214 e. The van der Waals surface area contributed by atoms with E-state index < -0.39 is 5.95 Å². The third-order valence-electron chi connectivity index (χ3n) is 2.36. The number of nitriles is 1. The van der Waals surface area contributed by atoms with Crippen LogP contribution in [0.4, 0.5) is 15.9 Å². The van der Waals surface area contributed by atoms with Crippen molar-refractivity contribution >= 4 is 11.5 Å². The van der Waals surface area contributed by atoms with Crippen molar-refractivity contribution in [1.29, 1.82) is 5.26 Å². The van der Waals surface area contributed by atoms with Crippen molar-refractivity contribution in [1.82, 2.24) is 4.98 Å². The largest absolute Gasteiger partial charge is 0.339 e. The molecule has 4 heteroatoms. The fourth-order valence-corrected chi connectivity index (χ4v) is 1.54. The summed E-state index contributed by atoms with van der Waals surface area (Å²) in [5.74, 6) is -0.173. The lowest BCUT2D eigenvalue weighted by atomic mass is 10.1. The second-order valence-corrected chi connectivity index (χ2v) is 3.58. The highest BCUT2D eigenvalue weighted by molar-refractivity contribution is 5.66. The standard InChI is InChI=1S/C13H10FN3/c1-9-4-2-5-11(10(9)8-15)16-13-7-3-6-12(14)17-13/h2-7H,1H3,(H,16,17). The van der Waals surface area contributed by atoms with Gasteiger partial charge in [-0.05, 0) is 30.7 Å². The lowest BCUT2D eigenvalue weighted by molar-refractivity contribution is 0.585. The Labute approximate surface area is 98.5 Å². The molecule has 0 aliphatic carbocycles. The van der Waals surface area contributed by atoms with Gasteiger partial charge in [0, 0.05) is 0 Å². The second kappa shape index (κ2) is 4.62. The normalized spacial score (nSPS) is 9.71. The van der Waals surface area contributed by atoms with Crippen molar-refractivity contribution in [2.75, 3.05) is 5.32 Å². The first-order valence-electron chi connectivity index (χ1n) is 5.10. The Balaban J connectivity index is 2.37. The quantitative estimate of drug-likeness (QED) is 0.802. The minimum Gasteiger partial charge on any atom is -0.339 e. The van der Waals surface area contributed by atoms with Crippen LogP contribution in [-0.4, -0.2) is 4.98 Å². The van der Waals surface area contributed by atoms with Crippen LogP contribution in [0.3, 0.4) is 0 Å². The SMILES string of the molecule is Cc1cccc(Nc2cccc(F)n2)c1C#N. The van der Waals surface area contributed by atoms with Crippen molar-refractivity contribution in [3.63, 3.8) is 0 Å². The molecular formula is C13H10FN3. The number of nitrogens with zero attached hydrogens (tertiary/aromatic N) is 2. The number of anilines is 2. The molecule has 0 aliphatic rings. The molecule has 1 aromatic carbocycles. The van der Waals surface area contributed by atoms with Crippen LogP contribution in [-0.2, 0) is 0 Å². The number of benzene rings is 1. The number of halogens is 1. The molecule has 0 amide bonds. The zero-order chi connectivity index (χ0) is 12.3. The molecule has 84 valence electrons. The van der Waals surface area contributed by atoms with Gasteiger partial charge in [-0.15, -0.1) is 0 Å². The monoisotopic (exact) mass is 227 g/mol.